The maximum atomic E-state index is 5.21. The molecule has 0 aliphatic carbocycles. The molecule has 4 heteroatoms. The third kappa shape index (κ3) is 4.86. The van der Waals surface area contributed by atoms with Gasteiger partial charge in [-0.3, -0.25) is 15.0 Å². The summed E-state index contributed by atoms with van der Waals surface area (Å²) in [7, 11) is 0. The molecule has 0 saturated carbocycles. The van der Waals surface area contributed by atoms with Crippen molar-refractivity contribution in [2.45, 2.75) is 0 Å². The van der Waals surface area contributed by atoms with Gasteiger partial charge in [0.05, 0.1) is 11.9 Å². The van der Waals surface area contributed by atoms with Crippen LogP contribution in [-0.2, 0) is 4.74 Å². The van der Waals surface area contributed by atoms with E-state index in [9.17, 15) is 0 Å². The van der Waals surface area contributed by atoms with Gasteiger partial charge in [-0.15, -0.1) is 0 Å². The lowest BCUT2D eigenvalue weighted by atomic mass is 10.2. The van der Waals surface area contributed by atoms with E-state index in [1.54, 1.807) is 37.1 Å². The number of aliphatic imine (C=N–C) groups is 3. The van der Waals surface area contributed by atoms with Gasteiger partial charge >= 0.3 is 0 Å². The Kier molecular flexibility index (Phi) is 5.72. The first-order valence-electron chi connectivity index (χ1n) is 6.23. The summed E-state index contributed by atoms with van der Waals surface area (Å²) >= 11 is 0. The number of hydrogen-bond donors (Lipinski definition) is 0. The van der Waals surface area contributed by atoms with Crippen molar-refractivity contribution in [2.75, 3.05) is 6.61 Å². The van der Waals surface area contributed by atoms with E-state index in [4.69, 9.17) is 4.74 Å². The summed E-state index contributed by atoms with van der Waals surface area (Å²) in [5.41, 5.74) is 1.83. The summed E-state index contributed by atoms with van der Waals surface area (Å²) in [5.74, 6) is 0. The van der Waals surface area contributed by atoms with E-state index in [0.717, 1.165) is 11.3 Å². The second-order valence-corrected chi connectivity index (χ2v) is 3.80. The van der Waals surface area contributed by atoms with Crippen LogP contribution in [0.3, 0.4) is 0 Å². The number of fused-ring (bicyclic) bond motifs is 1. The van der Waals surface area contributed by atoms with Gasteiger partial charge in [0.1, 0.15) is 12.9 Å². The monoisotopic (exact) mass is 265 g/mol. The first-order valence-corrected chi connectivity index (χ1v) is 6.23. The number of allylic oxidation sites excluding steroid dienone is 2. The van der Waals surface area contributed by atoms with Crippen molar-refractivity contribution < 1.29 is 4.74 Å². The number of benzene rings is 1. The van der Waals surface area contributed by atoms with Gasteiger partial charge in [0, 0.05) is 30.4 Å². The third-order valence-electron chi connectivity index (χ3n) is 2.37. The second-order valence-electron chi connectivity index (χ2n) is 3.80. The molecule has 0 saturated heterocycles. The normalized spacial score (nSPS) is 15.0. The van der Waals surface area contributed by atoms with E-state index in [-0.39, 0.29) is 0 Å². The molecule has 2 rings (SSSR count). The number of rotatable bonds is 0. The average Bonchev–Trinajstić information content (AvgIpc) is 2.47. The summed E-state index contributed by atoms with van der Waals surface area (Å²) in [6, 6.07) is 7.82. The molecule has 1 aliphatic rings. The molecule has 0 amide bonds. The zero-order chi connectivity index (χ0) is 13.9. The molecule has 1 aromatic rings. The van der Waals surface area contributed by atoms with E-state index in [2.05, 4.69) is 15.0 Å². The van der Waals surface area contributed by atoms with Crippen LogP contribution in [0.15, 0.2) is 76.1 Å². The molecule has 0 aromatic heterocycles. The molecule has 1 aromatic carbocycles. The quantitative estimate of drug-likeness (QED) is 0.708. The van der Waals surface area contributed by atoms with E-state index < -0.39 is 0 Å². The zero-order valence-electron chi connectivity index (χ0n) is 11.0. The predicted octanol–water partition coefficient (Wildman–Crippen LogP) is 3.45. The van der Waals surface area contributed by atoms with Gasteiger partial charge in [0.2, 0.25) is 0 Å². The Morgan fingerprint density at radius 1 is 0.950 bits per heavy atom. The summed E-state index contributed by atoms with van der Waals surface area (Å²) in [6.45, 7) is 0.483. The Morgan fingerprint density at radius 2 is 1.90 bits per heavy atom. The molecule has 0 N–H and O–H groups in total. The van der Waals surface area contributed by atoms with Crippen LogP contribution in [0.4, 0.5) is 5.69 Å². The van der Waals surface area contributed by atoms with Crippen molar-refractivity contribution in [3.8, 4) is 0 Å². The smallest absolute Gasteiger partial charge is 0.106 e. The maximum absolute atomic E-state index is 5.21. The molecule has 1 aliphatic heterocycles. The van der Waals surface area contributed by atoms with Crippen LogP contribution in [-0.4, -0.2) is 25.3 Å². The van der Waals surface area contributed by atoms with Crippen molar-refractivity contribution in [2.24, 2.45) is 15.0 Å². The Hall–Kier alpha value is -2.75. The van der Waals surface area contributed by atoms with Crippen molar-refractivity contribution in [3.63, 3.8) is 0 Å². The highest BCUT2D eigenvalue weighted by molar-refractivity contribution is 5.89. The summed E-state index contributed by atoms with van der Waals surface area (Å²) in [5, 5.41) is 0. The van der Waals surface area contributed by atoms with Crippen LogP contribution in [0, 0.1) is 0 Å². The lowest BCUT2D eigenvalue weighted by Crippen LogP contribution is -1.83. The van der Waals surface area contributed by atoms with Gasteiger partial charge in [-0.05, 0) is 24.3 Å². The molecule has 4 nitrogen and oxygen atoms in total. The van der Waals surface area contributed by atoms with Crippen LogP contribution < -0.4 is 0 Å². The fraction of sp³-hybridized carbons (Fsp3) is 0.0625. The van der Waals surface area contributed by atoms with Crippen molar-refractivity contribution in [1.29, 1.82) is 0 Å². The summed E-state index contributed by atoms with van der Waals surface area (Å²) in [4.78, 5) is 12.6. The first-order chi connectivity index (χ1) is 9.97. The Bertz CT molecular complexity index is 595. The van der Waals surface area contributed by atoms with Gasteiger partial charge in [0.25, 0.3) is 0 Å². The Morgan fingerprint density at radius 3 is 2.90 bits per heavy atom. The highest BCUT2D eigenvalue weighted by Gasteiger charge is 1.94. The molecule has 0 unspecified atom stereocenters. The van der Waals surface area contributed by atoms with E-state index >= 15 is 0 Å². The molecule has 0 radical (unpaired) electrons. The predicted molar refractivity (Wildman–Crippen MR) is 84.1 cm³/mol. The van der Waals surface area contributed by atoms with Crippen LogP contribution in [0.5, 0.6) is 0 Å². The lowest BCUT2D eigenvalue weighted by Gasteiger charge is -1.97. The molecule has 20 heavy (non-hydrogen) atoms. The van der Waals surface area contributed by atoms with E-state index in [1.807, 2.05) is 36.4 Å². The van der Waals surface area contributed by atoms with Crippen molar-refractivity contribution in [3.05, 3.63) is 66.7 Å². The van der Waals surface area contributed by atoms with Crippen LogP contribution in [0.25, 0.3) is 0 Å². The number of ether oxygens (including phenoxy) is 1. The molecular formula is C16H15N3O. The number of hydrogen-bond acceptors (Lipinski definition) is 4. The lowest BCUT2D eigenvalue weighted by molar-refractivity contribution is 0.289. The minimum atomic E-state index is 0.483. The molecule has 0 spiro atoms. The van der Waals surface area contributed by atoms with Crippen LogP contribution in [0.1, 0.15) is 5.56 Å². The Balaban J connectivity index is 2.23. The first kappa shape index (κ1) is 13.7. The van der Waals surface area contributed by atoms with Gasteiger partial charge in [-0.25, -0.2) is 0 Å². The molecular weight excluding hydrogens is 250 g/mol. The summed E-state index contributed by atoms with van der Waals surface area (Å²) in [6.07, 6.45) is 15.4. The number of para-hydroxylation sites is 1. The highest BCUT2D eigenvalue weighted by Crippen LogP contribution is 2.16. The largest absolute Gasteiger partial charge is 0.496 e. The van der Waals surface area contributed by atoms with Crippen molar-refractivity contribution in [1.82, 2.24) is 0 Å². The van der Waals surface area contributed by atoms with Crippen molar-refractivity contribution >= 4 is 24.3 Å². The fourth-order valence-electron chi connectivity index (χ4n) is 1.45. The minimum absolute atomic E-state index is 0.483. The standard InChI is InChI=1S/C16H15N3O/c1-2-7-16-15(6-1)14-18-9-5-8-17-11-13-20-12-4-3-10-19-16/h1-11,13-14H,12H2. The fourth-order valence-corrected chi connectivity index (χ4v) is 1.45. The average molecular weight is 265 g/mol. The SMILES string of the molecule is C1=CCOC=CN=CC=CN=Cc2ccccc2N=C1. The van der Waals surface area contributed by atoms with E-state index in [1.165, 1.54) is 6.26 Å². The van der Waals surface area contributed by atoms with Crippen LogP contribution >= 0.6 is 0 Å². The molecule has 100 valence electrons. The zero-order valence-corrected chi connectivity index (χ0v) is 11.0. The number of nitrogens with zero attached hydrogens (tertiary/aromatic N) is 3. The summed E-state index contributed by atoms with van der Waals surface area (Å²) < 4.78 is 5.21. The molecule has 1 heterocycles. The minimum Gasteiger partial charge on any atom is -0.496 e. The van der Waals surface area contributed by atoms with Gasteiger partial charge in [-0.1, -0.05) is 18.2 Å². The van der Waals surface area contributed by atoms with Crippen LogP contribution in [0.2, 0.25) is 0 Å². The van der Waals surface area contributed by atoms with Gasteiger partial charge in [-0.2, -0.15) is 0 Å². The highest BCUT2D eigenvalue weighted by atomic mass is 16.5. The van der Waals surface area contributed by atoms with E-state index in [0.29, 0.717) is 6.61 Å². The Labute approximate surface area is 118 Å². The third-order valence-corrected chi connectivity index (χ3v) is 2.37. The molecule has 0 bridgehead atoms. The van der Waals surface area contributed by atoms with Gasteiger partial charge < -0.3 is 4.74 Å². The van der Waals surface area contributed by atoms with Gasteiger partial charge in [0.15, 0.2) is 0 Å². The maximum Gasteiger partial charge on any atom is 0.106 e. The molecule has 0 atom stereocenters. The molecule has 0 fully saturated rings. The topological polar surface area (TPSA) is 46.3 Å². The second kappa shape index (κ2) is 8.37.